The zero-order chi connectivity index (χ0) is 20.0. The summed E-state index contributed by atoms with van der Waals surface area (Å²) in [5, 5.41) is 2.83. The Balaban J connectivity index is 2.14. The van der Waals surface area contributed by atoms with Gasteiger partial charge in [0.2, 0.25) is 15.9 Å². The van der Waals surface area contributed by atoms with Crippen LogP contribution in [0.5, 0.6) is 5.75 Å². The Morgan fingerprint density at radius 1 is 1.22 bits per heavy atom. The highest BCUT2D eigenvalue weighted by molar-refractivity contribution is 9.10. The molecule has 2 rings (SSSR count). The number of amides is 1. The first-order valence-electron chi connectivity index (χ1n) is 8.08. The minimum absolute atomic E-state index is 0.307. The highest BCUT2D eigenvalue weighted by Gasteiger charge is 2.14. The summed E-state index contributed by atoms with van der Waals surface area (Å²) >= 11 is 3.39. The normalized spacial score (nSPS) is 12.6. The minimum Gasteiger partial charge on any atom is -0.496 e. The highest BCUT2D eigenvalue weighted by atomic mass is 79.9. The predicted molar refractivity (Wildman–Crippen MR) is 111 cm³/mol. The lowest BCUT2D eigenvalue weighted by molar-refractivity contribution is -0.117. The monoisotopic (exact) mass is 452 g/mol. The van der Waals surface area contributed by atoms with Crippen molar-refractivity contribution in [3.8, 4) is 5.75 Å². The first-order chi connectivity index (χ1) is 12.7. The molecule has 0 saturated carbocycles. The van der Waals surface area contributed by atoms with Gasteiger partial charge in [-0.25, -0.2) is 8.42 Å². The summed E-state index contributed by atoms with van der Waals surface area (Å²) in [4.78, 5) is 12.3. The molecule has 0 radical (unpaired) electrons. The lowest BCUT2D eigenvalue weighted by atomic mass is 10.1. The van der Waals surface area contributed by atoms with Gasteiger partial charge in [0.1, 0.15) is 5.75 Å². The van der Waals surface area contributed by atoms with E-state index in [0.29, 0.717) is 17.0 Å². The molecule has 0 heterocycles. The lowest BCUT2D eigenvalue weighted by Crippen LogP contribution is -2.25. The van der Waals surface area contributed by atoms with E-state index in [1.54, 1.807) is 50.4 Å². The summed E-state index contributed by atoms with van der Waals surface area (Å²) in [7, 11) is -1.85. The number of methoxy groups -OCH3 is 1. The number of benzene rings is 2. The van der Waals surface area contributed by atoms with Crippen molar-refractivity contribution in [2.45, 2.75) is 13.0 Å². The molecule has 0 aliphatic heterocycles. The van der Waals surface area contributed by atoms with Crippen molar-refractivity contribution in [3.63, 3.8) is 0 Å². The van der Waals surface area contributed by atoms with E-state index in [9.17, 15) is 13.2 Å². The van der Waals surface area contributed by atoms with Gasteiger partial charge < -0.3 is 10.1 Å². The number of rotatable bonds is 7. The van der Waals surface area contributed by atoms with Crippen molar-refractivity contribution in [2.24, 2.45) is 0 Å². The van der Waals surface area contributed by atoms with Gasteiger partial charge in [-0.2, -0.15) is 0 Å². The molecule has 6 nitrogen and oxygen atoms in total. The molecule has 0 bridgehead atoms. The Morgan fingerprint density at radius 3 is 2.59 bits per heavy atom. The van der Waals surface area contributed by atoms with Gasteiger partial charge in [-0.1, -0.05) is 34.1 Å². The molecular weight excluding hydrogens is 432 g/mol. The van der Waals surface area contributed by atoms with Gasteiger partial charge in [0, 0.05) is 16.1 Å². The van der Waals surface area contributed by atoms with E-state index in [-0.39, 0.29) is 5.91 Å². The largest absolute Gasteiger partial charge is 0.496 e. The molecule has 0 aliphatic rings. The molecule has 2 aromatic rings. The van der Waals surface area contributed by atoms with Crippen LogP contribution in [0.25, 0.3) is 6.08 Å². The topological polar surface area (TPSA) is 84.5 Å². The SMILES string of the molecule is COc1ccc(Br)cc1C=CC(=O)NC(C)c1ccccc1NS(C)(=O)=O. The van der Waals surface area contributed by atoms with Crippen LogP contribution in [0.15, 0.2) is 53.0 Å². The molecule has 0 aromatic heterocycles. The maximum absolute atomic E-state index is 12.3. The van der Waals surface area contributed by atoms with Gasteiger partial charge in [-0.15, -0.1) is 0 Å². The maximum Gasteiger partial charge on any atom is 0.244 e. The second kappa shape index (κ2) is 9.05. The summed E-state index contributed by atoms with van der Waals surface area (Å²) < 4.78 is 31.7. The molecule has 2 N–H and O–H groups in total. The molecule has 1 unspecified atom stereocenters. The van der Waals surface area contributed by atoms with Crippen LogP contribution in [-0.4, -0.2) is 27.7 Å². The highest BCUT2D eigenvalue weighted by Crippen LogP contribution is 2.25. The van der Waals surface area contributed by atoms with Gasteiger partial charge in [-0.3, -0.25) is 9.52 Å². The van der Waals surface area contributed by atoms with Crippen molar-refractivity contribution in [1.82, 2.24) is 5.32 Å². The third-order valence-corrected chi connectivity index (χ3v) is 4.77. The van der Waals surface area contributed by atoms with Crippen LogP contribution in [0.1, 0.15) is 24.1 Å². The van der Waals surface area contributed by atoms with Crippen LogP contribution in [0.4, 0.5) is 5.69 Å². The molecule has 0 spiro atoms. The van der Waals surface area contributed by atoms with Crippen molar-refractivity contribution < 1.29 is 17.9 Å². The van der Waals surface area contributed by atoms with Crippen molar-refractivity contribution in [2.75, 3.05) is 18.1 Å². The average Bonchev–Trinajstić information content (AvgIpc) is 2.59. The number of para-hydroxylation sites is 1. The molecule has 0 aliphatic carbocycles. The van der Waals surface area contributed by atoms with Crippen molar-refractivity contribution in [3.05, 3.63) is 64.1 Å². The van der Waals surface area contributed by atoms with E-state index in [1.807, 2.05) is 12.1 Å². The molecular formula is C19H21BrN2O4S. The summed E-state index contributed by atoms with van der Waals surface area (Å²) in [6.07, 6.45) is 4.15. The first-order valence-corrected chi connectivity index (χ1v) is 10.8. The standard InChI is InChI=1S/C19H21BrN2O4S/c1-13(16-6-4-5-7-17(16)22-27(3,24)25)21-19(23)11-8-14-12-15(20)9-10-18(14)26-2/h4-13,22H,1-3H3,(H,21,23). The van der Waals surface area contributed by atoms with Crippen LogP contribution >= 0.6 is 15.9 Å². The third-order valence-electron chi connectivity index (χ3n) is 3.69. The number of carbonyl (C=O) groups excluding carboxylic acids is 1. The number of carbonyl (C=O) groups is 1. The van der Waals surface area contributed by atoms with E-state index >= 15 is 0 Å². The van der Waals surface area contributed by atoms with Gasteiger partial charge in [0.05, 0.1) is 25.1 Å². The van der Waals surface area contributed by atoms with Gasteiger partial charge in [-0.05, 0) is 42.8 Å². The van der Waals surface area contributed by atoms with Crippen LogP contribution < -0.4 is 14.8 Å². The third kappa shape index (κ3) is 6.41. The number of anilines is 1. The summed E-state index contributed by atoms with van der Waals surface area (Å²) in [6, 6.07) is 12.0. The van der Waals surface area contributed by atoms with E-state index in [0.717, 1.165) is 16.3 Å². The quantitative estimate of drug-likeness (QED) is 0.626. The number of hydrogen-bond acceptors (Lipinski definition) is 4. The number of nitrogens with one attached hydrogen (secondary N) is 2. The lowest BCUT2D eigenvalue weighted by Gasteiger charge is -2.17. The number of sulfonamides is 1. The molecule has 1 atom stereocenters. The molecule has 8 heteroatoms. The van der Waals surface area contributed by atoms with Crippen molar-refractivity contribution >= 4 is 43.6 Å². The van der Waals surface area contributed by atoms with E-state index in [2.05, 4.69) is 26.0 Å². The number of ether oxygens (including phenoxy) is 1. The molecule has 2 aromatic carbocycles. The minimum atomic E-state index is -3.41. The van der Waals surface area contributed by atoms with Crippen molar-refractivity contribution in [1.29, 1.82) is 0 Å². The average molecular weight is 453 g/mol. The maximum atomic E-state index is 12.3. The Bertz CT molecular complexity index is 958. The second-order valence-corrected chi connectivity index (χ2v) is 8.58. The Morgan fingerprint density at radius 2 is 1.93 bits per heavy atom. The van der Waals surface area contributed by atoms with Crippen LogP contribution in [-0.2, 0) is 14.8 Å². The first kappa shape index (κ1) is 21.0. The van der Waals surface area contributed by atoms with Gasteiger partial charge >= 0.3 is 0 Å². The molecule has 1 amide bonds. The molecule has 144 valence electrons. The van der Waals surface area contributed by atoms with E-state index < -0.39 is 16.1 Å². The molecule has 27 heavy (non-hydrogen) atoms. The number of halogens is 1. The second-order valence-electron chi connectivity index (χ2n) is 5.91. The Labute approximate surface area is 167 Å². The summed E-state index contributed by atoms with van der Waals surface area (Å²) in [5.74, 6) is 0.344. The smallest absolute Gasteiger partial charge is 0.244 e. The van der Waals surface area contributed by atoms with Crippen LogP contribution in [0.2, 0.25) is 0 Å². The fourth-order valence-corrected chi connectivity index (χ4v) is 3.47. The molecule has 0 fully saturated rings. The Kier molecular flexibility index (Phi) is 7.04. The van der Waals surface area contributed by atoms with Gasteiger partial charge in [0.15, 0.2) is 0 Å². The zero-order valence-corrected chi connectivity index (χ0v) is 17.6. The summed E-state index contributed by atoms with van der Waals surface area (Å²) in [5.41, 5.74) is 1.86. The van der Waals surface area contributed by atoms with E-state index in [1.165, 1.54) is 6.08 Å². The summed E-state index contributed by atoms with van der Waals surface area (Å²) in [6.45, 7) is 1.79. The number of hydrogen-bond donors (Lipinski definition) is 2. The van der Waals surface area contributed by atoms with E-state index in [4.69, 9.17) is 4.74 Å². The predicted octanol–water partition coefficient (Wildman–Crippen LogP) is 3.72. The zero-order valence-electron chi connectivity index (χ0n) is 15.2. The van der Waals surface area contributed by atoms with Gasteiger partial charge in [0.25, 0.3) is 0 Å². The van der Waals surface area contributed by atoms with Crippen LogP contribution in [0.3, 0.4) is 0 Å². The molecule has 0 saturated heterocycles. The Hall–Kier alpha value is -2.32. The fourth-order valence-electron chi connectivity index (χ4n) is 2.51. The van der Waals surface area contributed by atoms with Crippen LogP contribution in [0, 0.1) is 0 Å². The fraction of sp³-hybridized carbons (Fsp3) is 0.211.